The van der Waals surface area contributed by atoms with Gasteiger partial charge in [0, 0.05) is 0 Å². The second-order valence-electron chi connectivity index (χ2n) is 5.43. The molecule has 3 atom stereocenters. The maximum absolute atomic E-state index is 2.46. The first kappa shape index (κ1) is 8.59. The maximum Gasteiger partial charge on any atom is -0.0233 e. The molecule has 0 aromatic carbocycles. The van der Waals surface area contributed by atoms with Crippen molar-refractivity contribution in [1.29, 1.82) is 0 Å². The average Bonchev–Trinajstić information content (AvgIpc) is 1.99. The molecule has 2 aliphatic rings. The zero-order valence-electron chi connectivity index (χ0n) is 8.93. The van der Waals surface area contributed by atoms with Gasteiger partial charge in [0.25, 0.3) is 0 Å². The summed E-state index contributed by atoms with van der Waals surface area (Å²) in [7, 11) is 0. The fourth-order valence-electron chi connectivity index (χ4n) is 4.32. The molecular weight excluding hydrogens is 144 g/mol. The van der Waals surface area contributed by atoms with Crippen LogP contribution in [-0.2, 0) is 0 Å². The lowest BCUT2D eigenvalue weighted by atomic mass is 9.36. The molecule has 2 aliphatic carbocycles. The Morgan fingerprint density at radius 1 is 1.25 bits per heavy atom. The summed E-state index contributed by atoms with van der Waals surface area (Å²) >= 11 is 0. The van der Waals surface area contributed by atoms with E-state index in [1.807, 2.05) is 0 Å². The van der Waals surface area contributed by atoms with E-state index in [0.717, 1.165) is 29.1 Å². The summed E-state index contributed by atoms with van der Waals surface area (Å²) in [6, 6.07) is 0. The summed E-state index contributed by atoms with van der Waals surface area (Å²) < 4.78 is 0. The first-order valence-electron chi connectivity index (χ1n) is 5.62. The fourth-order valence-corrected chi connectivity index (χ4v) is 4.32. The zero-order valence-corrected chi connectivity index (χ0v) is 8.93. The minimum Gasteiger partial charge on any atom is -0.0651 e. The molecule has 0 radical (unpaired) electrons. The van der Waals surface area contributed by atoms with Gasteiger partial charge in [-0.3, -0.25) is 0 Å². The van der Waals surface area contributed by atoms with Crippen LogP contribution in [0.4, 0.5) is 0 Å². The molecule has 0 saturated heterocycles. The summed E-state index contributed by atoms with van der Waals surface area (Å²) in [6.07, 6.45) is 4.43. The quantitative estimate of drug-likeness (QED) is 0.586. The molecule has 3 unspecified atom stereocenters. The summed E-state index contributed by atoms with van der Waals surface area (Å²) in [5.74, 6) is 4.13. The van der Waals surface area contributed by atoms with Crippen LogP contribution in [0.5, 0.6) is 0 Å². The largest absolute Gasteiger partial charge is 0.0651 e. The normalized spacial score (nSPS) is 53.5. The van der Waals surface area contributed by atoms with Crippen LogP contribution < -0.4 is 0 Å². The van der Waals surface area contributed by atoms with E-state index >= 15 is 0 Å². The number of hydrogen-bond acceptors (Lipinski definition) is 0. The minimum absolute atomic E-state index is 0.813. The average molecular weight is 166 g/mol. The standard InChI is InChI=1S/C12H22/c1-5-10(4)12-6-8(2)11(12)9(3)7-12/h8-11H,5-7H2,1-4H3. The lowest BCUT2D eigenvalue weighted by Gasteiger charge is -2.69. The van der Waals surface area contributed by atoms with Crippen molar-refractivity contribution >= 4 is 0 Å². The van der Waals surface area contributed by atoms with Crippen LogP contribution in [0.1, 0.15) is 47.0 Å². The molecule has 0 bridgehead atoms. The van der Waals surface area contributed by atoms with Crippen LogP contribution in [0.25, 0.3) is 0 Å². The van der Waals surface area contributed by atoms with Gasteiger partial charge in [-0.25, -0.2) is 0 Å². The molecule has 0 nitrogen and oxygen atoms in total. The molecule has 2 saturated carbocycles. The number of rotatable bonds is 2. The van der Waals surface area contributed by atoms with Gasteiger partial charge >= 0.3 is 0 Å². The molecule has 2 fully saturated rings. The van der Waals surface area contributed by atoms with Crippen molar-refractivity contribution in [2.45, 2.75) is 47.0 Å². The van der Waals surface area contributed by atoms with E-state index in [-0.39, 0.29) is 0 Å². The van der Waals surface area contributed by atoms with Crippen molar-refractivity contribution in [3.63, 3.8) is 0 Å². The number of fused-ring (bicyclic) bond motifs is 1. The molecule has 12 heavy (non-hydrogen) atoms. The third-order valence-electron chi connectivity index (χ3n) is 4.89. The molecule has 0 N–H and O–H groups in total. The van der Waals surface area contributed by atoms with Gasteiger partial charge in [-0.15, -0.1) is 0 Å². The minimum atomic E-state index is 0.813. The van der Waals surface area contributed by atoms with Gasteiger partial charge in [0.05, 0.1) is 0 Å². The molecule has 70 valence electrons. The van der Waals surface area contributed by atoms with Gasteiger partial charge in [0.15, 0.2) is 0 Å². The maximum atomic E-state index is 2.46. The first-order chi connectivity index (χ1) is 5.62. The lowest BCUT2D eigenvalue weighted by molar-refractivity contribution is -0.204. The van der Waals surface area contributed by atoms with E-state index in [9.17, 15) is 0 Å². The molecule has 0 heterocycles. The summed E-state index contributed by atoms with van der Waals surface area (Å²) in [4.78, 5) is 0. The van der Waals surface area contributed by atoms with Crippen molar-refractivity contribution in [3.8, 4) is 0 Å². The third kappa shape index (κ3) is 0.791. The Hall–Kier alpha value is 0. The molecule has 0 aliphatic heterocycles. The van der Waals surface area contributed by atoms with E-state index < -0.39 is 0 Å². The van der Waals surface area contributed by atoms with Crippen molar-refractivity contribution in [3.05, 3.63) is 0 Å². The monoisotopic (exact) mass is 166 g/mol. The SMILES string of the molecule is CCC(C)C12CC(C)C1C(C)C2. The van der Waals surface area contributed by atoms with Gasteiger partial charge in [-0.1, -0.05) is 34.1 Å². The highest BCUT2D eigenvalue weighted by Crippen LogP contribution is 2.70. The molecule has 2 rings (SSSR count). The Kier molecular flexibility index (Phi) is 1.79. The topological polar surface area (TPSA) is 0 Å². The Bertz CT molecular complexity index is 170. The third-order valence-corrected chi connectivity index (χ3v) is 4.89. The van der Waals surface area contributed by atoms with Crippen molar-refractivity contribution in [2.24, 2.45) is 29.1 Å². The second-order valence-corrected chi connectivity index (χ2v) is 5.43. The summed E-state index contributed by atoms with van der Waals surface area (Å²) in [5.41, 5.74) is 0.813. The Morgan fingerprint density at radius 3 is 2.08 bits per heavy atom. The van der Waals surface area contributed by atoms with E-state index in [2.05, 4.69) is 27.7 Å². The van der Waals surface area contributed by atoms with Crippen molar-refractivity contribution < 1.29 is 0 Å². The molecule has 0 heteroatoms. The lowest BCUT2D eigenvalue weighted by Crippen LogP contribution is -2.62. The van der Waals surface area contributed by atoms with Crippen LogP contribution in [0, 0.1) is 29.1 Å². The van der Waals surface area contributed by atoms with Crippen LogP contribution in [0.3, 0.4) is 0 Å². The smallest absolute Gasteiger partial charge is 0.0233 e. The Morgan fingerprint density at radius 2 is 1.75 bits per heavy atom. The summed E-state index contributed by atoms with van der Waals surface area (Å²) in [5, 5.41) is 0. The molecular formula is C12H22. The van der Waals surface area contributed by atoms with Gasteiger partial charge < -0.3 is 0 Å². The predicted octanol–water partition coefficient (Wildman–Crippen LogP) is 3.71. The highest BCUT2D eigenvalue weighted by molar-refractivity contribution is 5.11. The van der Waals surface area contributed by atoms with Crippen molar-refractivity contribution in [1.82, 2.24) is 0 Å². The highest BCUT2D eigenvalue weighted by Gasteiger charge is 2.63. The van der Waals surface area contributed by atoms with Gasteiger partial charge in [-0.05, 0) is 41.9 Å². The van der Waals surface area contributed by atoms with Crippen LogP contribution in [0.15, 0.2) is 0 Å². The van der Waals surface area contributed by atoms with Crippen LogP contribution in [0.2, 0.25) is 0 Å². The highest BCUT2D eigenvalue weighted by atomic mass is 14.7. The van der Waals surface area contributed by atoms with Gasteiger partial charge in [0.2, 0.25) is 0 Å². The Labute approximate surface area is 76.7 Å². The van der Waals surface area contributed by atoms with Crippen molar-refractivity contribution in [2.75, 3.05) is 0 Å². The van der Waals surface area contributed by atoms with E-state index in [1.165, 1.54) is 19.3 Å². The fraction of sp³-hybridized carbons (Fsp3) is 1.00. The molecule has 0 amide bonds. The van der Waals surface area contributed by atoms with E-state index in [1.54, 1.807) is 0 Å². The van der Waals surface area contributed by atoms with Crippen LogP contribution in [-0.4, -0.2) is 0 Å². The predicted molar refractivity (Wildman–Crippen MR) is 52.9 cm³/mol. The van der Waals surface area contributed by atoms with Crippen LogP contribution >= 0.6 is 0 Å². The van der Waals surface area contributed by atoms with E-state index in [4.69, 9.17) is 0 Å². The van der Waals surface area contributed by atoms with Gasteiger partial charge in [0.1, 0.15) is 0 Å². The first-order valence-corrected chi connectivity index (χ1v) is 5.62. The molecule has 0 aromatic heterocycles. The second kappa shape index (κ2) is 2.49. The summed E-state index contributed by atoms with van der Waals surface area (Å²) in [6.45, 7) is 9.70. The Balaban J connectivity index is 2.07. The zero-order chi connectivity index (χ0) is 8.93. The van der Waals surface area contributed by atoms with Gasteiger partial charge in [-0.2, -0.15) is 0 Å². The molecule has 0 spiro atoms. The molecule has 0 aromatic rings. The number of hydrogen-bond donors (Lipinski definition) is 0. The van der Waals surface area contributed by atoms with E-state index in [0.29, 0.717) is 0 Å².